The Morgan fingerprint density at radius 2 is 2.16 bits per heavy atom. The Labute approximate surface area is 107 Å². The second kappa shape index (κ2) is 5.92. The first-order valence-corrected chi connectivity index (χ1v) is 5.82. The highest BCUT2D eigenvalue weighted by Crippen LogP contribution is 2.23. The Morgan fingerprint density at radius 3 is 2.74 bits per heavy atom. The molecule has 0 aromatic heterocycles. The van der Waals surface area contributed by atoms with Gasteiger partial charge in [-0.25, -0.2) is 4.39 Å². The van der Waals surface area contributed by atoms with Crippen molar-refractivity contribution >= 4 is 11.6 Å². The van der Waals surface area contributed by atoms with Gasteiger partial charge in [0.15, 0.2) is 11.6 Å². The zero-order chi connectivity index (χ0) is 13.8. The highest BCUT2D eigenvalue weighted by atomic mass is 19.3. The number of amides is 1. The van der Waals surface area contributed by atoms with E-state index in [4.69, 9.17) is 0 Å². The third-order valence-electron chi connectivity index (χ3n) is 2.56. The van der Waals surface area contributed by atoms with Crippen molar-refractivity contribution in [1.29, 1.82) is 0 Å². The van der Waals surface area contributed by atoms with Crippen LogP contribution in [0.2, 0.25) is 0 Å². The van der Waals surface area contributed by atoms with Crippen molar-refractivity contribution in [2.24, 2.45) is 0 Å². The van der Waals surface area contributed by atoms with E-state index in [-0.39, 0.29) is 18.1 Å². The molecule has 0 atom stereocenters. The van der Waals surface area contributed by atoms with Gasteiger partial charge in [0.1, 0.15) is 0 Å². The molecule has 1 amide bonds. The van der Waals surface area contributed by atoms with Gasteiger partial charge >= 0.3 is 6.61 Å². The predicted molar refractivity (Wildman–Crippen MR) is 62.7 cm³/mol. The minimum atomic E-state index is -3.09. The summed E-state index contributed by atoms with van der Waals surface area (Å²) in [6.07, 6.45) is 2.11. The van der Waals surface area contributed by atoms with E-state index < -0.39 is 18.2 Å². The first kappa shape index (κ1) is 13.7. The molecule has 1 aliphatic carbocycles. The number of ether oxygens (including phenoxy) is 1. The molecule has 4 nitrogen and oxygen atoms in total. The van der Waals surface area contributed by atoms with Gasteiger partial charge < -0.3 is 15.4 Å². The van der Waals surface area contributed by atoms with E-state index in [0.29, 0.717) is 6.04 Å². The Balaban J connectivity index is 1.89. The fourth-order valence-corrected chi connectivity index (χ4v) is 1.50. The number of carbonyl (C=O) groups is 1. The molecule has 1 aromatic carbocycles. The Kier molecular flexibility index (Phi) is 4.26. The molecule has 0 unspecified atom stereocenters. The van der Waals surface area contributed by atoms with Crippen molar-refractivity contribution < 1.29 is 22.7 Å². The molecule has 0 spiro atoms. The average molecular weight is 274 g/mol. The topological polar surface area (TPSA) is 50.4 Å². The van der Waals surface area contributed by atoms with Crippen molar-refractivity contribution in [2.75, 3.05) is 11.9 Å². The second-order valence-corrected chi connectivity index (χ2v) is 4.23. The summed E-state index contributed by atoms with van der Waals surface area (Å²) in [6, 6.07) is 3.68. The third-order valence-corrected chi connectivity index (χ3v) is 2.56. The van der Waals surface area contributed by atoms with Crippen molar-refractivity contribution in [3.63, 3.8) is 0 Å². The number of halogens is 3. The van der Waals surface area contributed by atoms with Gasteiger partial charge in [-0.15, -0.1) is 0 Å². The Bertz CT molecular complexity index is 464. The maximum Gasteiger partial charge on any atom is 0.387 e. The van der Waals surface area contributed by atoms with Crippen molar-refractivity contribution in [3.05, 3.63) is 24.0 Å². The zero-order valence-corrected chi connectivity index (χ0v) is 9.96. The fourth-order valence-electron chi connectivity index (χ4n) is 1.50. The van der Waals surface area contributed by atoms with Crippen LogP contribution in [0, 0.1) is 5.82 Å². The SMILES string of the molecule is O=C(CNC1CC1)Nc1ccc(OC(F)F)c(F)c1. The summed E-state index contributed by atoms with van der Waals surface area (Å²) in [5, 5.41) is 5.46. The molecule has 0 saturated heterocycles. The number of hydrogen-bond acceptors (Lipinski definition) is 3. The molecule has 0 radical (unpaired) electrons. The molecule has 0 heterocycles. The minimum absolute atomic E-state index is 0.140. The van der Waals surface area contributed by atoms with Crippen molar-refractivity contribution in [3.8, 4) is 5.75 Å². The lowest BCUT2D eigenvalue weighted by molar-refractivity contribution is -0.115. The van der Waals surface area contributed by atoms with Gasteiger partial charge in [-0.1, -0.05) is 0 Å². The van der Waals surface area contributed by atoms with Crippen LogP contribution >= 0.6 is 0 Å². The highest BCUT2D eigenvalue weighted by molar-refractivity contribution is 5.92. The number of carbonyl (C=O) groups excluding carboxylic acids is 1. The molecule has 0 aliphatic heterocycles. The summed E-state index contributed by atoms with van der Waals surface area (Å²) in [6.45, 7) is -2.95. The van der Waals surface area contributed by atoms with Gasteiger partial charge in [0, 0.05) is 17.8 Å². The third kappa shape index (κ3) is 4.44. The Morgan fingerprint density at radius 1 is 1.42 bits per heavy atom. The smallest absolute Gasteiger partial charge is 0.387 e. The van der Waals surface area contributed by atoms with Crippen LogP contribution in [0.15, 0.2) is 18.2 Å². The molecule has 1 saturated carbocycles. The lowest BCUT2D eigenvalue weighted by Gasteiger charge is -2.09. The molecular weight excluding hydrogens is 261 g/mol. The van der Waals surface area contributed by atoms with Crippen LogP contribution in [0.5, 0.6) is 5.75 Å². The van der Waals surface area contributed by atoms with E-state index in [1.165, 1.54) is 6.07 Å². The highest BCUT2D eigenvalue weighted by Gasteiger charge is 2.21. The van der Waals surface area contributed by atoms with Gasteiger partial charge in [-0.3, -0.25) is 4.79 Å². The van der Waals surface area contributed by atoms with E-state index >= 15 is 0 Å². The van der Waals surface area contributed by atoms with Crippen molar-refractivity contribution in [1.82, 2.24) is 5.32 Å². The standard InChI is InChI=1S/C12H13F3N2O2/c13-9-5-8(3-4-10(9)19-12(14)15)17-11(18)6-16-7-1-2-7/h3-5,7,12,16H,1-2,6H2,(H,17,18). The van der Waals surface area contributed by atoms with E-state index in [2.05, 4.69) is 15.4 Å². The fraction of sp³-hybridized carbons (Fsp3) is 0.417. The van der Waals surface area contributed by atoms with Gasteiger partial charge in [0.25, 0.3) is 0 Å². The lowest BCUT2D eigenvalue weighted by atomic mass is 10.3. The van der Waals surface area contributed by atoms with E-state index in [1.807, 2.05) is 0 Å². The van der Waals surface area contributed by atoms with Crippen LogP contribution in [0.25, 0.3) is 0 Å². The average Bonchev–Trinajstić information content (AvgIpc) is 3.13. The molecule has 104 valence electrons. The number of benzene rings is 1. The number of hydrogen-bond donors (Lipinski definition) is 2. The van der Waals surface area contributed by atoms with Crippen LogP contribution in [-0.4, -0.2) is 25.1 Å². The number of nitrogens with one attached hydrogen (secondary N) is 2. The predicted octanol–water partition coefficient (Wildman–Crippen LogP) is 2.12. The minimum Gasteiger partial charge on any atom is -0.432 e. The largest absolute Gasteiger partial charge is 0.432 e. The number of anilines is 1. The van der Waals surface area contributed by atoms with Gasteiger partial charge in [-0.05, 0) is 25.0 Å². The molecule has 19 heavy (non-hydrogen) atoms. The molecule has 1 aromatic rings. The maximum absolute atomic E-state index is 13.4. The molecule has 2 rings (SSSR count). The summed E-state index contributed by atoms with van der Waals surface area (Å²) < 4.78 is 41.2. The Hall–Kier alpha value is -1.76. The summed E-state index contributed by atoms with van der Waals surface area (Å²) in [5.41, 5.74) is 0.196. The van der Waals surface area contributed by atoms with Crippen LogP contribution in [-0.2, 0) is 4.79 Å². The van der Waals surface area contributed by atoms with E-state index in [9.17, 15) is 18.0 Å². The van der Waals surface area contributed by atoms with Crippen molar-refractivity contribution in [2.45, 2.75) is 25.5 Å². The molecule has 1 fully saturated rings. The molecule has 2 N–H and O–H groups in total. The summed E-state index contributed by atoms with van der Waals surface area (Å²) in [7, 11) is 0. The molecule has 0 bridgehead atoms. The second-order valence-electron chi connectivity index (χ2n) is 4.23. The van der Waals surface area contributed by atoms with Crippen LogP contribution < -0.4 is 15.4 Å². The van der Waals surface area contributed by atoms with Crippen LogP contribution in [0.1, 0.15) is 12.8 Å². The van der Waals surface area contributed by atoms with Crippen LogP contribution in [0.3, 0.4) is 0 Å². The summed E-state index contributed by atoms with van der Waals surface area (Å²) >= 11 is 0. The number of alkyl halides is 2. The van der Waals surface area contributed by atoms with E-state index in [1.54, 1.807) is 0 Å². The molecule has 7 heteroatoms. The first-order chi connectivity index (χ1) is 9.04. The summed E-state index contributed by atoms with van der Waals surface area (Å²) in [4.78, 5) is 11.5. The number of rotatable bonds is 6. The summed E-state index contributed by atoms with van der Waals surface area (Å²) in [5.74, 6) is -1.81. The monoisotopic (exact) mass is 274 g/mol. The molecular formula is C12H13F3N2O2. The lowest BCUT2D eigenvalue weighted by Crippen LogP contribution is -2.29. The quantitative estimate of drug-likeness (QED) is 0.835. The van der Waals surface area contributed by atoms with E-state index in [0.717, 1.165) is 25.0 Å². The van der Waals surface area contributed by atoms with Gasteiger partial charge in [0.2, 0.25) is 5.91 Å². The first-order valence-electron chi connectivity index (χ1n) is 5.82. The van der Waals surface area contributed by atoms with Gasteiger partial charge in [0.05, 0.1) is 6.54 Å². The zero-order valence-electron chi connectivity index (χ0n) is 9.96. The van der Waals surface area contributed by atoms with Gasteiger partial charge in [-0.2, -0.15) is 8.78 Å². The maximum atomic E-state index is 13.4. The van der Waals surface area contributed by atoms with Crippen LogP contribution in [0.4, 0.5) is 18.9 Å². The normalized spacial score (nSPS) is 14.5. The molecule has 1 aliphatic rings.